The second-order valence-electron chi connectivity index (χ2n) is 6.74. The molecule has 1 fully saturated rings. The summed E-state index contributed by atoms with van der Waals surface area (Å²) in [6.45, 7) is 2.13. The first-order chi connectivity index (χ1) is 13.2. The molecule has 28 heavy (non-hydrogen) atoms. The fourth-order valence-corrected chi connectivity index (χ4v) is 3.07. The van der Waals surface area contributed by atoms with Gasteiger partial charge >= 0.3 is 6.36 Å². The molecule has 0 aliphatic carbocycles. The number of likely N-dealkylation sites (N-methyl/N-ethyl adjacent to an activating group) is 1. The van der Waals surface area contributed by atoms with Gasteiger partial charge in [0.2, 0.25) is 5.91 Å². The number of carbonyl (C=O) groups excluding carboxylic acids is 1. The van der Waals surface area contributed by atoms with Crippen LogP contribution in [0.5, 0.6) is 5.75 Å². The van der Waals surface area contributed by atoms with Crippen molar-refractivity contribution in [3.8, 4) is 5.75 Å². The SMILES string of the molecule is CN(C)C(=O)C1CCCN1CCCN=C(N)Nc1ccc(OC(F)(F)F)cc1. The Kier molecular flexibility index (Phi) is 7.50. The van der Waals surface area contributed by atoms with Gasteiger partial charge in [-0.25, -0.2) is 0 Å². The summed E-state index contributed by atoms with van der Waals surface area (Å²) in [6.07, 6.45) is -2.10. The number of benzene rings is 1. The number of guanidine groups is 1. The lowest BCUT2D eigenvalue weighted by atomic mass is 10.2. The maximum Gasteiger partial charge on any atom is 0.573 e. The molecule has 0 spiro atoms. The molecule has 1 aromatic carbocycles. The van der Waals surface area contributed by atoms with Crippen LogP contribution in [-0.2, 0) is 4.79 Å². The second-order valence-corrected chi connectivity index (χ2v) is 6.74. The summed E-state index contributed by atoms with van der Waals surface area (Å²) in [5, 5.41) is 2.82. The summed E-state index contributed by atoms with van der Waals surface area (Å²) >= 11 is 0. The van der Waals surface area contributed by atoms with Crippen molar-refractivity contribution < 1.29 is 22.7 Å². The van der Waals surface area contributed by atoms with Gasteiger partial charge in [-0.05, 0) is 50.1 Å². The highest BCUT2D eigenvalue weighted by molar-refractivity contribution is 5.92. The zero-order valence-electron chi connectivity index (χ0n) is 16.0. The van der Waals surface area contributed by atoms with Crippen LogP contribution in [0.1, 0.15) is 19.3 Å². The van der Waals surface area contributed by atoms with Gasteiger partial charge in [-0.15, -0.1) is 13.2 Å². The maximum absolute atomic E-state index is 12.2. The quantitative estimate of drug-likeness (QED) is 0.416. The Balaban J connectivity index is 1.76. The van der Waals surface area contributed by atoms with E-state index < -0.39 is 6.36 Å². The number of likely N-dealkylation sites (tertiary alicyclic amines) is 1. The van der Waals surface area contributed by atoms with Crippen LogP contribution in [-0.4, -0.2) is 67.8 Å². The molecule has 10 heteroatoms. The summed E-state index contributed by atoms with van der Waals surface area (Å²) in [5.41, 5.74) is 6.31. The van der Waals surface area contributed by atoms with Gasteiger partial charge < -0.3 is 20.7 Å². The number of carbonyl (C=O) groups is 1. The van der Waals surface area contributed by atoms with Crippen LogP contribution < -0.4 is 15.8 Å². The Labute approximate surface area is 162 Å². The van der Waals surface area contributed by atoms with Crippen LogP contribution in [0.4, 0.5) is 18.9 Å². The first-order valence-electron chi connectivity index (χ1n) is 9.03. The van der Waals surface area contributed by atoms with Gasteiger partial charge in [-0.2, -0.15) is 0 Å². The van der Waals surface area contributed by atoms with Gasteiger partial charge in [-0.1, -0.05) is 0 Å². The predicted octanol–water partition coefficient (Wildman–Crippen LogP) is 2.25. The Morgan fingerprint density at radius 3 is 2.64 bits per heavy atom. The zero-order valence-corrected chi connectivity index (χ0v) is 16.0. The van der Waals surface area contributed by atoms with Crippen molar-refractivity contribution in [2.75, 3.05) is 39.0 Å². The number of nitrogens with zero attached hydrogens (tertiary/aromatic N) is 3. The molecular formula is C18H26F3N5O2. The van der Waals surface area contributed by atoms with Crippen molar-refractivity contribution in [3.05, 3.63) is 24.3 Å². The molecule has 1 amide bonds. The molecule has 156 valence electrons. The lowest BCUT2D eigenvalue weighted by molar-refractivity contribution is -0.274. The van der Waals surface area contributed by atoms with Crippen LogP contribution in [0.25, 0.3) is 0 Å². The molecule has 0 saturated carbocycles. The zero-order chi connectivity index (χ0) is 20.7. The molecule has 1 saturated heterocycles. The molecule has 3 N–H and O–H groups in total. The van der Waals surface area contributed by atoms with Gasteiger partial charge in [0.25, 0.3) is 0 Å². The Hall–Kier alpha value is -2.49. The van der Waals surface area contributed by atoms with Crippen LogP contribution in [0.2, 0.25) is 0 Å². The summed E-state index contributed by atoms with van der Waals surface area (Å²) in [6, 6.07) is 5.17. The summed E-state index contributed by atoms with van der Waals surface area (Å²) in [7, 11) is 3.52. The number of hydrogen-bond donors (Lipinski definition) is 2. The molecule has 2 rings (SSSR count). The van der Waals surface area contributed by atoms with E-state index in [0.29, 0.717) is 12.2 Å². The number of aliphatic imine (C=N–C) groups is 1. The number of nitrogens with two attached hydrogens (primary N) is 1. The number of ether oxygens (including phenoxy) is 1. The third kappa shape index (κ3) is 6.91. The summed E-state index contributed by atoms with van der Waals surface area (Å²) in [5.74, 6) is -0.00652. The van der Waals surface area contributed by atoms with E-state index in [0.717, 1.165) is 32.4 Å². The fourth-order valence-electron chi connectivity index (χ4n) is 3.07. The molecule has 1 aliphatic heterocycles. The van der Waals surface area contributed by atoms with Gasteiger partial charge in [0.05, 0.1) is 6.04 Å². The van der Waals surface area contributed by atoms with Gasteiger partial charge in [0, 0.05) is 32.9 Å². The number of rotatable bonds is 7. The monoisotopic (exact) mass is 401 g/mol. The standard InChI is InChI=1S/C18H26F3N5O2/c1-25(2)16(27)15-5-3-11-26(15)12-4-10-23-17(22)24-13-6-8-14(9-7-13)28-18(19,20)21/h6-9,15H,3-5,10-12H2,1-2H3,(H3,22,23,24). The van der Waals surface area contributed by atoms with E-state index in [1.54, 1.807) is 19.0 Å². The van der Waals surface area contributed by atoms with Crippen molar-refractivity contribution in [1.29, 1.82) is 0 Å². The number of halogens is 3. The summed E-state index contributed by atoms with van der Waals surface area (Å²) in [4.78, 5) is 20.2. The minimum atomic E-state index is -4.72. The van der Waals surface area contributed by atoms with E-state index in [9.17, 15) is 18.0 Å². The molecule has 1 heterocycles. The second kappa shape index (κ2) is 9.63. The molecule has 1 aromatic rings. The van der Waals surface area contributed by atoms with Gasteiger partial charge in [0.1, 0.15) is 5.75 Å². The molecule has 7 nitrogen and oxygen atoms in total. The normalized spacial score (nSPS) is 18.2. The first kappa shape index (κ1) is 21.8. The first-order valence-corrected chi connectivity index (χ1v) is 9.03. The number of amides is 1. The Bertz CT molecular complexity index is 677. The fraction of sp³-hybridized carbons (Fsp3) is 0.556. The number of alkyl halides is 3. The minimum absolute atomic E-state index is 0.0631. The Morgan fingerprint density at radius 2 is 2.04 bits per heavy atom. The van der Waals surface area contributed by atoms with Crippen molar-refractivity contribution in [1.82, 2.24) is 9.80 Å². The van der Waals surface area contributed by atoms with E-state index in [-0.39, 0.29) is 23.7 Å². The highest BCUT2D eigenvalue weighted by Crippen LogP contribution is 2.24. The highest BCUT2D eigenvalue weighted by Gasteiger charge is 2.31. The molecular weight excluding hydrogens is 375 g/mol. The number of nitrogens with one attached hydrogen (secondary N) is 1. The molecule has 0 bridgehead atoms. The topological polar surface area (TPSA) is 83.2 Å². The third-order valence-corrected chi connectivity index (χ3v) is 4.34. The van der Waals surface area contributed by atoms with Crippen LogP contribution in [0.3, 0.4) is 0 Å². The van der Waals surface area contributed by atoms with Crippen LogP contribution in [0, 0.1) is 0 Å². The number of anilines is 1. The summed E-state index contributed by atoms with van der Waals surface area (Å²) < 4.78 is 40.2. The van der Waals surface area contributed by atoms with Crippen molar-refractivity contribution >= 4 is 17.6 Å². The lowest BCUT2D eigenvalue weighted by Gasteiger charge is -2.25. The van der Waals surface area contributed by atoms with E-state index >= 15 is 0 Å². The molecule has 0 radical (unpaired) electrons. The number of hydrogen-bond acceptors (Lipinski definition) is 4. The van der Waals surface area contributed by atoms with E-state index in [4.69, 9.17) is 5.73 Å². The average molecular weight is 401 g/mol. The van der Waals surface area contributed by atoms with E-state index in [2.05, 4.69) is 19.9 Å². The van der Waals surface area contributed by atoms with Crippen molar-refractivity contribution in [2.45, 2.75) is 31.7 Å². The third-order valence-electron chi connectivity index (χ3n) is 4.34. The van der Waals surface area contributed by atoms with Crippen LogP contribution in [0.15, 0.2) is 29.3 Å². The largest absolute Gasteiger partial charge is 0.573 e. The average Bonchev–Trinajstić information content (AvgIpc) is 3.07. The Morgan fingerprint density at radius 1 is 1.36 bits per heavy atom. The van der Waals surface area contributed by atoms with Crippen molar-refractivity contribution in [2.24, 2.45) is 10.7 Å². The molecule has 1 aliphatic rings. The smallest absolute Gasteiger partial charge is 0.406 e. The van der Waals surface area contributed by atoms with Gasteiger partial charge in [-0.3, -0.25) is 14.7 Å². The molecule has 0 aromatic heterocycles. The van der Waals surface area contributed by atoms with Crippen molar-refractivity contribution in [3.63, 3.8) is 0 Å². The van der Waals surface area contributed by atoms with Crippen LogP contribution >= 0.6 is 0 Å². The van der Waals surface area contributed by atoms with Gasteiger partial charge in [0.15, 0.2) is 5.96 Å². The van der Waals surface area contributed by atoms with E-state index in [1.165, 1.54) is 24.3 Å². The minimum Gasteiger partial charge on any atom is -0.406 e. The molecule has 1 atom stereocenters. The molecule has 1 unspecified atom stereocenters. The predicted molar refractivity (Wildman–Crippen MR) is 101 cm³/mol. The maximum atomic E-state index is 12.2. The highest BCUT2D eigenvalue weighted by atomic mass is 19.4. The van der Waals surface area contributed by atoms with E-state index in [1.807, 2.05) is 0 Å². The lowest BCUT2D eigenvalue weighted by Crippen LogP contribution is -2.43.